The molecule has 7 heteroatoms. The number of ether oxygens (including phenoxy) is 1. The van der Waals surface area contributed by atoms with Crippen LogP contribution in [-0.2, 0) is 16.1 Å². The Morgan fingerprint density at radius 1 is 1.14 bits per heavy atom. The standard InChI is InChI=1S/C14H12BrNO4S/c15-11-8-4-5-9-12(11)20-14(17)13(16-21(18)19)10-6-2-1-3-7-10/h1-9,13,16H,(H,18,19)/p-1. The number of rotatable bonds is 5. The fraction of sp³-hybridized carbons (Fsp3) is 0.0714. The SMILES string of the molecule is O=C(Oc1ccccc1Br)C(NS(=O)[O-])c1ccccc1. The third-order valence-corrected chi connectivity index (χ3v) is 3.71. The molecule has 0 aliphatic rings. The fourth-order valence-corrected chi connectivity index (χ4v) is 2.48. The van der Waals surface area contributed by atoms with Crippen molar-refractivity contribution in [3.05, 3.63) is 64.6 Å². The highest BCUT2D eigenvalue weighted by Gasteiger charge is 2.23. The molecule has 2 aromatic rings. The Bertz CT molecular complexity index is 650. The van der Waals surface area contributed by atoms with Crippen LogP contribution in [0, 0.1) is 0 Å². The van der Waals surface area contributed by atoms with Crippen LogP contribution in [0.2, 0.25) is 0 Å². The van der Waals surface area contributed by atoms with Gasteiger partial charge in [-0.25, -0.2) is 9.52 Å². The van der Waals surface area contributed by atoms with E-state index in [9.17, 15) is 13.6 Å². The lowest BCUT2D eigenvalue weighted by atomic mass is 10.1. The molecule has 0 fully saturated rings. The maximum atomic E-state index is 12.2. The van der Waals surface area contributed by atoms with Gasteiger partial charge in [0.1, 0.15) is 11.8 Å². The summed E-state index contributed by atoms with van der Waals surface area (Å²) >= 11 is 0.669. The van der Waals surface area contributed by atoms with E-state index in [1.54, 1.807) is 54.6 Å². The van der Waals surface area contributed by atoms with E-state index in [1.165, 1.54) is 0 Å². The van der Waals surface area contributed by atoms with E-state index in [0.29, 0.717) is 15.8 Å². The minimum atomic E-state index is -2.59. The van der Waals surface area contributed by atoms with Crippen LogP contribution >= 0.6 is 15.9 Å². The molecule has 0 spiro atoms. The van der Waals surface area contributed by atoms with Crippen LogP contribution in [-0.4, -0.2) is 14.7 Å². The first-order valence-corrected chi connectivity index (χ1v) is 7.81. The van der Waals surface area contributed by atoms with Gasteiger partial charge in [0, 0.05) is 11.3 Å². The van der Waals surface area contributed by atoms with Gasteiger partial charge < -0.3 is 9.29 Å². The predicted octanol–water partition coefficient (Wildman–Crippen LogP) is 2.48. The van der Waals surface area contributed by atoms with Crippen LogP contribution in [0.5, 0.6) is 5.75 Å². The summed E-state index contributed by atoms with van der Waals surface area (Å²) in [6, 6.07) is 14.2. The predicted molar refractivity (Wildman–Crippen MR) is 81.0 cm³/mol. The quantitative estimate of drug-likeness (QED) is 0.499. The Labute approximate surface area is 132 Å². The van der Waals surface area contributed by atoms with E-state index >= 15 is 0 Å². The maximum Gasteiger partial charge on any atom is 0.334 e. The summed E-state index contributed by atoms with van der Waals surface area (Å²) < 4.78 is 29.8. The molecule has 2 atom stereocenters. The Balaban J connectivity index is 2.23. The third kappa shape index (κ3) is 4.47. The zero-order valence-corrected chi connectivity index (χ0v) is 13.1. The molecule has 2 rings (SSSR count). The van der Waals surface area contributed by atoms with Crippen LogP contribution in [0.1, 0.15) is 11.6 Å². The molecule has 5 nitrogen and oxygen atoms in total. The average molecular weight is 369 g/mol. The van der Waals surface area contributed by atoms with Crippen molar-refractivity contribution in [1.29, 1.82) is 0 Å². The van der Waals surface area contributed by atoms with Crippen LogP contribution < -0.4 is 9.46 Å². The van der Waals surface area contributed by atoms with Crippen molar-refractivity contribution in [3.8, 4) is 5.75 Å². The number of esters is 1. The molecule has 0 aliphatic heterocycles. The first-order valence-electron chi connectivity index (χ1n) is 5.94. The maximum absolute atomic E-state index is 12.2. The summed E-state index contributed by atoms with van der Waals surface area (Å²) in [6.07, 6.45) is 0. The van der Waals surface area contributed by atoms with Gasteiger partial charge in [-0.1, -0.05) is 42.5 Å². The minimum Gasteiger partial charge on any atom is -0.760 e. The molecule has 0 radical (unpaired) electrons. The molecule has 2 unspecified atom stereocenters. The van der Waals surface area contributed by atoms with Gasteiger partial charge in [-0.05, 0) is 33.6 Å². The molecule has 0 aromatic heterocycles. The second-order valence-electron chi connectivity index (χ2n) is 4.05. The number of hydrogen-bond acceptors (Lipinski definition) is 4. The number of carbonyl (C=O) groups excluding carboxylic acids is 1. The summed E-state index contributed by atoms with van der Waals surface area (Å²) in [6.45, 7) is 0. The molecule has 0 heterocycles. The van der Waals surface area contributed by atoms with Crippen molar-refractivity contribution in [2.24, 2.45) is 0 Å². The third-order valence-electron chi connectivity index (χ3n) is 2.63. The van der Waals surface area contributed by atoms with Gasteiger partial charge in [0.2, 0.25) is 0 Å². The molecule has 0 saturated carbocycles. The van der Waals surface area contributed by atoms with Crippen molar-refractivity contribution >= 4 is 33.2 Å². The molecule has 1 N–H and O–H groups in total. The van der Waals surface area contributed by atoms with E-state index < -0.39 is 23.3 Å². The van der Waals surface area contributed by atoms with E-state index in [4.69, 9.17) is 4.74 Å². The zero-order chi connectivity index (χ0) is 15.2. The lowest BCUT2D eigenvalue weighted by molar-refractivity contribution is -0.136. The zero-order valence-electron chi connectivity index (χ0n) is 10.7. The number of para-hydroxylation sites is 1. The number of halogens is 1. The molecule has 110 valence electrons. The normalized spacial score (nSPS) is 13.4. The van der Waals surface area contributed by atoms with Gasteiger partial charge in [0.25, 0.3) is 0 Å². The van der Waals surface area contributed by atoms with Crippen LogP contribution in [0.25, 0.3) is 0 Å². The van der Waals surface area contributed by atoms with E-state index in [2.05, 4.69) is 20.7 Å². The van der Waals surface area contributed by atoms with Crippen molar-refractivity contribution < 1.29 is 18.3 Å². The Hall–Kier alpha value is -1.54. The minimum absolute atomic E-state index is 0.321. The molecule has 0 aliphatic carbocycles. The summed E-state index contributed by atoms with van der Waals surface area (Å²) in [5.74, 6) is -0.390. The highest BCUT2D eigenvalue weighted by atomic mass is 79.9. The monoisotopic (exact) mass is 368 g/mol. The van der Waals surface area contributed by atoms with Gasteiger partial charge >= 0.3 is 5.97 Å². The number of nitrogens with one attached hydrogen (secondary N) is 1. The highest BCUT2D eigenvalue weighted by molar-refractivity contribution is 9.10. The van der Waals surface area contributed by atoms with E-state index in [1.807, 2.05) is 0 Å². The number of carbonyl (C=O) groups is 1. The van der Waals surface area contributed by atoms with Crippen LogP contribution in [0.4, 0.5) is 0 Å². The van der Waals surface area contributed by atoms with Crippen molar-refractivity contribution in [1.82, 2.24) is 4.72 Å². The summed E-state index contributed by atoms with van der Waals surface area (Å²) in [7, 11) is 0. The summed E-state index contributed by atoms with van der Waals surface area (Å²) in [5.41, 5.74) is 0.499. The van der Waals surface area contributed by atoms with E-state index in [-0.39, 0.29) is 0 Å². The van der Waals surface area contributed by atoms with Crippen molar-refractivity contribution in [3.63, 3.8) is 0 Å². The number of benzene rings is 2. The number of hydrogen-bond donors (Lipinski definition) is 1. The summed E-state index contributed by atoms with van der Waals surface area (Å²) in [5, 5.41) is 0. The molecular formula is C14H11BrNO4S-. The Morgan fingerprint density at radius 3 is 2.38 bits per heavy atom. The molecule has 0 amide bonds. The van der Waals surface area contributed by atoms with E-state index in [0.717, 1.165) is 0 Å². The average Bonchev–Trinajstić information content (AvgIpc) is 2.48. The fourth-order valence-electron chi connectivity index (χ4n) is 1.69. The molecular weight excluding hydrogens is 358 g/mol. The topological polar surface area (TPSA) is 78.5 Å². The van der Waals surface area contributed by atoms with Gasteiger partial charge in [-0.2, -0.15) is 0 Å². The van der Waals surface area contributed by atoms with Crippen LogP contribution in [0.3, 0.4) is 0 Å². The van der Waals surface area contributed by atoms with Crippen LogP contribution in [0.15, 0.2) is 59.1 Å². The second kappa shape index (κ2) is 7.46. The van der Waals surface area contributed by atoms with Gasteiger partial charge in [0.15, 0.2) is 0 Å². The smallest absolute Gasteiger partial charge is 0.334 e. The highest BCUT2D eigenvalue weighted by Crippen LogP contribution is 2.26. The lowest BCUT2D eigenvalue weighted by Crippen LogP contribution is -2.33. The van der Waals surface area contributed by atoms with Gasteiger partial charge in [0.05, 0.1) is 4.47 Å². The van der Waals surface area contributed by atoms with Gasteiger partial charge in [-0.3, -0.25) is 4.21 Å². The first-order chi connectivity index (χ1) is 10.1. The molecule has 0 saturated heterocycles. The molecule has 2 aromatic carbocycles. The Morgan fingerprint density at radius 2 is 1.76 bits per heavy atom. The second-order valence-corrected chi connectivity index (χ2v) is 5.61. The van der Waals surface area contributed by atoms with Gasteiger partial charge in [-0.15, -0.1) is 0 Å². The largest absolute Gasteiger partial charge is 0.760 e. The van der Waals surface area contributed by atoms with Crippen molar-refractivity contribution in [2.45, 2.75) is 6.04 Å². The van der Waals surface area contributed by atoms with Crippen molar-refractivity contribution in [2.75, 3.05) is 0 Å². The molecule has 0 bridgehead atoms. The summed E-state index contributed by atoms with van der Waals surface area (Å²) in [4.78, 5) is 12.2. The Kier molecular flexibility index (Phi) is 5.63. The lowest BCUT2D eigenvalue weighted by Gasteiger charge is -2.19. The molecule has 21 heavy (non-hydrogen) atoms. The first kappa shape index (κ1) is 15.8.